The Kier molecular flexibility index (Phi) is 4.21. The molecule has 4 nitrogen and oxygen atoms in total. The van der Waals surface area contributed by atoms with Crippen molar-refractivity contribution in [2.24, 2.45) is 7.05 Å². The van der Waals surface area contributed by atoms with Crippen LogP contribution in [0.15, 0.2) is 22.7 Å². The predicted octanol–water partition coefficient (Wildman–Crippen LogP) is 2.72. The molecular weight excluding hydrogens is 313 g/mol. The Labute approximate surface area is 119 Å². The molecule has 1 aromatic heterocycles. The number of aromatic nitrogens is 2. The van der Waals surface area contributed by atoms with Crippen molar-refractivity contribution in [1.29, 1.82) is 0 Å². The summed E-state index contributed by atoms with van der Waals surface area (Å²) < 4.78 is 21.3. The maximum atomic E-state index is 13.5. The van der Waals surface area contributed by atoms with Crippen molar-refractivity contribution in [1.82, 2.24) is 15.1 Å². The second-order valence-electron chi connectivity index (χ2n) is 4.11. The first-order valence-electron chi connectivity index (χ1n) is 5.78. The third-order valence-corrected chi connectivity index (χ3v) is 3.65. The Morgan fingerprint density at radius 3 is 2.84 bits per heavy atom. The fourth-order valence-corrected chi connectivity index (χ4v) is 2.68. The number of hydrogen-bond donors (Lipinski definition) is 1. The van der Waals surface area contributed by atoms with Gasteiger partial charge >= 0.3 is 0 Å². The second-order valence-corrected chi connectivity index (χ2v) is 4.90. The van der Waals surface area contributed by atoms with E-state index in [9.17, 15) is 4.39 Å². The fourth-order valence-electron chi connectivity index (χ4n) is 1.99. The van der Waals surface area contributed by atoms with E-state index in [2.05, 4.69) is 26.3 Å². The highest BCUT2D eigenvalue weighted by Crippen LogP contribution is 2.36. The summed E-state index contributed by atoms with van der Waals surface area (Å²) >= 11 is 3.53. The summed E-state index contributed by atoms with van der Waals surface area (Å²) in [4.78, 5) is 0. The van der Waals surface area contributed by atoms with E-state index < -0.39 is 0 Å². The SMILES string of the molecule is CNCc1nn(C)c(-c2cc(F)ccc2OC)c1Br. The molecule has 0 atom stereocenters. The topological polar surface area (TPSA) is 39.1 Å². The van der Waals surface area contributed by atoms with Gasteiger partial charge in [-0.3, -0.25) is 4.68 Å². The zero-order valence-electron chi connectivity index (χ0n) is 11.0. The summed E-state index contributed by atoms with van der Waals surface area (Å²) in [7, 11) is 5.24. The number of rotatable bonds is 4. The Balaban J connectivity index is 2.61. The third kappa shape index (κ3) is 2.64. The summed E-state index contributed by atoms with van der Waals surface area (Å²) in [6.07, 6.45) is 0. The number of nitrogens with one attached hydrogen (secondary N) is 1. The summed E-state index contributed by atoms with van der Waals surface area (Å²) in [5.74, 6) is 0.306. The molecule has 0 amide bonds. The number of nitrogens with zero attached hydrogens (tertiary/aromatic N) is 2. The van der Waals surface area contributed by atoms with Gasteiger partial charge < -0.3 is 10.1 Å². The molecule has 0 saturated heterocycles. The number of hydrogen-bond acceptors (Lipinski definition) is 3. The van der Waals surface area contributed by atoms with Crippen LogP contribution in [-0.4, -0.2) is 23.9 Å². The van der Waals surface area contributed by atoms with E-state index >= 15 is 0 Å². The van der Waals surface area contributed by atoms with E-state index in [1.165, 1.54) is 12.1 Å². The first-order valence-corrected chi connectivity index (χ1v) is 6.57. The molecule has 0 unspecified atom stereocenters. The molecule has 2 aromatic rings. The van der Waals surface area contributed by atoms with Crippen molar-refractivity contribution in [3.05, 3.63) is 34.2 Å². The lowest BCUT2D eigenvalue weighted by Crippen LogP contribution is -2.06. The highest BCUT2D eigenvalue weighted by Gasteiger charge is 2.18. The van der Waals surface area contributed by atoms with Crippen LogP contribution in [0.2, 0.25) is 0 Å². The van der Waals surface area contributed by atoms with Crippen LogP contribution in [0.3, 0.4) is 0 Å². The van der Waals surface area contributed by atoms with Gasteiger partial charge in [-0.1, -0.05) is 0 Å². The van der Waals surface area contributed by atoms with Crippen LogP contribution in [0.5, 0.6) is 5.75 Å². The molecule has 0 spiro atoms. The maximum Gasteiger partial charge on any atom is 0.128 e. The third-order valence-electron chi connectivity index (χ3n) is 2.82. The van der Waals surface area contributed by atoms with E-state index in [-0.39, 0.29) is 5.82 Å². The van der Waals surface area contributed by atoms with E-state index in [1.54, 1.807) is 17.9 Å². The van der Waals surface area contributed by atoms with Gasteiger partial charge in [0.15, 0.2) is 0 Å². The minimum absolute atomic E-state index is 0.306. The van der Waals surface area contributed by atoms with E-state index in [0.29, 0.717) is 17.9 Å². The molecular formula is C13H15BrFN3O. The number of methoxy groups -OCH3 is 1. The summed E-state index contributed by atoms with van der Waals surface area (Å²) in [6.45, 7) is 0.631. The first-order chi connectivity index (χ1) is 9.08. The van der Waals surface area contributed by atoms with Crippen molar-refractivity contribution < 1.29 is 9.13 Å². The summed E-state index contributed by atoms with van der Waals surface area (Å²) in [5, 5.41) is 7.46. The average molecular weight is 328 g/mol. The molecule has 102 valence electrons. The van der Waals surface area contributed by atoms with E-state index in [4.69, 9.17) is 4.74 Å². The monoisotopic (exact) mass is 327 g/mol. The van der Waals surface area contributed by atoms with Crippen LogP contribution < -0.4 is 10.1 Å². The molecule has 0 saturated carbocycles. The fraction of sp³-hybridized carbons (Fsp3) is 0.308. The highest BCUT2D eigenvalue weighted by atomic mass is 79.9. The molecule has 1 aromatic carbocycles. The van der Waals surface area contributed by atoms with Gasteiger partial charge in [0.25, 0.3) is 0 Å². The molecule has 0 aliphatic heterocycles. The van der Waals surface area contributed by atoms with Crippen LogP contribution in [-0.2, 0) is 13.6 Å². The number of benzene rings is 1. The van der Waals surface area contributed by atoms with Crippen LogP contribution in [0.1, 0.15) is 5.69 Å². The number of ether oxygens (including phenoxy) is 1. The quantitative estimate of drug-likeness (QED) is 0.938. The summed E-state index contributed by atoms with van der Waals surface area (Å²) in [5.41, 5.74) is 2.33. The molecule has 1 heterocycles. The van der Waals surface area contributed by atoms with Crippen molar-refractivity contribution in [2.45, 2.75) is 6.54 Å². The Morgan fingerprint density at radius 1 is 1.47 bits per heavy atom. The van der Waals surface area contributed by atoms with Crippen molar-refractivity contribution in [3.8, 4) is 17.0 Å². The molecule has 0 fully saturated rings. The first kappa shape index (κ1) is 14.0. The van der Waals surface area contributed by atoms with Gasteiger partial charge in [0, 0.05) is 19.2 Å². The minimum Gasteiger partial charge on any atom is -0.496 e. The second kappa shape index (κ2) is 5.71. The smallest absolute Gasteiger partial charge is 0.128 e. The lowest BCUT2D eigenvalue weighted by atomic mass is 10.1. The van der Waals surface area contributed by atoms with Crippen molar-refractivity contribution >= 4 is 15.9 Å². The molecule has 0 aliphatic carbocycles. The van der Waals surface area contributed by atoms with Crippen LogP contribution >= 0.6 is 15.9 Å². The molecule has 1 N–H and O–H groups in total. The van der Waals surface area contributed by atoms with Gasteiger partial charge in [-0.05, 0) is 41.2 Å². The largest absolute Gasteiger partial charge is 0.496 e. The number of aryl methyl sites for hydroxylation is 1. The van der Waals surface area contributed by atoms with Crippen molar-refractivity contribution in [2.75, 3.05) is 14.2 Å². The Bertz CT molecular complexity index is 598. The van der Waals surface area contributed by atoms with Crippen molar-refractivity contribution in [3.63, 3.8) is 0 Å². The molecule has 0 aliphatic rings. The highest BCUT2D eigenvalue weighted by molar-refractivity contribution is 9.10. The molecule has 0 radical (unpaired) electrons. The average Bonchev–Trinajstić information content (AvgIpc) is 2.65. The number of halogens is 2. The standard InChI is InChI=1S/C13H15BrFN3O/c1-16-7-10-12(14)13(18(2)17-10)9-6-8(15)4-5-11(9)19-3/h4-6,16H,7H2,1-3H3. The normalized spacial score (nSPS) is 10.8. The van der Waals surface area contributed by atoms with Gasteiger partial charge in [0.05, 0.1) is 23.0 Å². The van der Waals surface area contributed by atoms with Gasteiger partial charge in [0.2, 0.25) is 0 Å². The lowest BCUT2D eigenvalue weighted by molar-refractivity contribution is 0.415. The minimum atomic E-state index is -0.306. The Hall–Kier alpha value is -1.40. The van der Waals surface area contributed by atoms with E-state index in [0.717, 1.165) is 15.9 Å². The van der Waals surface area contributed by atoms with Crippen LogP contribution in [0.25, 0.3) is 11.3 Å². The van der Waals surface area contributed by atoms with Gasteiger partial charge in [-0.15, -0.1) is 0 Å². The maximum absolute atomic E-state index is 13.5. The molecule has 19 heavy (non-hydrogen) atoms. The van der Waals surface area contributed by atoms with Gasteiger partial charge in [0.1, 0.15) is 11.6 Å². The zero-order chi connectivity index (χ0) is 14.0. The van der Waals surface area contributed by atoms with Gasteiger partial charge in [-0.25, -0.2) is 4.39 Å². The molecule has 6 heteroatoms. The Morgan fingerprint density at radius 2 is 2.21 bits per heavy atom. The predicted molar refractivity (Wildman–Crippen MR) is 75.6 cm³/mol. The zero-order valence-corrected chi connectivity index (χ0v) is 12.6. The van der Waals surface area contributed by atoms with Gasteiger partial charge in [-0.2, -0.15) is 5.10 Å². The van der Waals surface area contributed by atoms with Crippen LogP contribution in [0.4, 0.5) is 4.39 Å². The molecule has 0 bridgehead atoms. The molecule has 2 rings (SSSR count). The lowest BCUT2D eigenvalue weighted by Gasteiger charge is -2.09. The van der Waals surface area contributed by atoms with E-state index in [1.807, 2.05) is 14.1 Å². The summed E-state index contributed by atoms with van der Waals surface area (Å²) in [6, 6.07) is 4.44. The van der Waals surface area contributed by atoms with Crippen LogP contribution in [0, 0.1) is 5.82 Å².